The number of carbonyl (C=O) groups is 1. The number of aromatic nitrogens is 2. The maximum Gasteiger partial charge on any atom is 0.240 e. The summed E-state index contributed by atoms with van der Waals surface area (Å²) in [4.78, 5) is 14.2. The standard InChI is InChI=1S/C18H16FN3OS3/c1-21(2)16(23)15(12-6-4-3-5-7-12)25-17-20-22(18(24)26-17)14-10-8-13(19)9-11-14/h3-11,15H,1-2H3/t15-/m0/s1. The normalized spacial score (nSPS) is 12.0. The molecule has 3 rings (SSSR count). The molecular weight excluding hydrogens is 389 g/mol. The number of hydrogen-bond acceptors (Lipinski definition) is 5. The lowest BCUT2D eigenvalue weighted by Crippen LogP contribution is -2.26. The van der Waals surface area contributed by atoms with Crippen LogP contribution in [0.2, 0.25) is 0 Å². The van der Waals surface area contributed by atoms with Crippen molar-refractivity contribution in [3.8, 4) is 5.69 Å². The molecule has 0 radical (unpaired) electrons. The number of nitrogens with zero attached hydrogens (tertiary/aromatic N) is 3. The van der Waals surface area contributed by atoms with Gasteiger partial charge in [0.2, 0.25) is 5.91 Å². The van der Waals surface area contributed by atoms with Gasteiger partial charge in [-0.15, -0.1) is 5.10 Å². The van der Waals surface area contributed by atoms with Crippen LogP contribution in [0.1, 0.15) is 10.8 Å². The molecular formula is C18H16FN3OS3. The van der Waals surface area contributed by atoms with Gasteiger partial charge in [0.1, 0.15) is 11.1 Å². The summed E-state index contributed by atoms with van der Waals surface area (Å²) >= 11 is 8.09. The molecule has 26 heavy (non-hydrogen) atoms. The number of likely N-dealkylation sites (N-methyl/N-ethyl adjacent to an activating group) is 1. The van der Waals surface area contributed by atoms with Crippen LogP contribution < -0.4 is 0 Å². The van der Waals surface area contributed by atoms with Crippen LogP contribution in [0.4, 0.5) is 4.39 Å². The quantitative estimate of drug-likeness (QED) is 0.455. The number of benzene rings is 2. The van der Waals surface area contributed by atoms with Gasteiger partial charge in [0.25, 0.3) is 0 Å². The highest BCUT2D eigenvalue weighted by Gasteiger charge is 2.25. The minimum atomic E-state index is -0.409. The molecule has 0 aliphatic carbocycles. The maximum absolute atomic E-state index is 13.1. The number of halogens is 1. The average Bonchev–Trinajstić information content (AvgIpc) is 3.01. The molecule has 1 aromatic heterocycles. The van der Waals surface area contributed by atoms with E-state index >= 15 is 0 Å². The van der Waals surface area contributed by atoms with Crippen molar-refractivity contribution in [3.63, 3.8) is 0 Å². The molecule has 0 saturated heterocycles. The van der Waals surface area contributed by atoms with E-state index in [9.17, 15) is 9.18 Å². The van der Waals surface area contributed by atoms with Crippen LogP contribution in [0.15, 0.2) is 58.9 Å². The number of amides is 1. The minimum absolute atomic E-state index is 0.0179. The van der Waals surface area contributed by atoms with Crippen molar-refractivity contribution >= 4 is 41.2 Å². The van der Waals surface area contributed by atoms with Gasteiger partial charge >= 0.3 is 0 Å². The van der Waals surface area contributed by atoms with E-state index in [1.54, 1.807) is 35.8 Å². The molecule has 0 fully saturated rings. The Labute approximate surface area is 164 Å². The highest BCUT2D eigenvalue weighted by Crippen LogP contribution is 2.38. The Morgan fingerprint density at radius 3 is 2.46 bits per heavy atom. The summed E-state index contributed by atoms with van der Waals surface area (Å²) in [7, 11) is 3.47. The van der Waals surface area contributed by atoms with Crippen molar-refractivity contribution in [2.75, 3.05) is 14.1 Å². The second kappa shape index (κ2) is 8.11. The summed E-state index contributed by atoms with van der Waals surface area (Å²) in [5.41, 5.74) is 1.60. The zero-order valence-electron chi connectivity index (χ0n) is 14.1. The first-order valence-electron chi connectivity index (χ1n) is 7.74. The van der Waals surface area contributed by atoms with Gasteiger partial charge in [0, 0.05) is 14.1 Å². The Morgan fingerprint density at radius 1 is 1.19 bits per heavy atom. The van der Waals surface area contributed by atoms with Crippen molar-refractivity contribution in [1.82, 2.24) is 14.7 Å². The molecule has 0 aliphatic rings. The monoisotopic (exact) mass is 405 g/mol. The highest BCUT2D eigenvalue weighted by atomic mass is 32.2. The van der Waals surface area contributed by atoms with Crippen LogP contribution in [-0.4, -0.2) is 34.7 Å². The second-order valence-corrected chi connectivity index (χ2v) is 8.64. The first-order chi connectivity index (χ1) is 12.5. The van der Waals surface area contributed by atoms with Crippen molar-refractivity contribution < 1.29 is 9.18 Å². The second-order valence-electron chi connectivity index (χ2n) is 5.66. The average molecular weight is 406 g/mol. The van der Waals surface area contributed by atoms with E-state index in [2.05, 4.69) is 5.10 Å². The molecule has 0 bridgehead atoms. The van der Waals surface area contributed by atoms with E-state index in [1.165, 1.54) is 35.2 Å². The van der Waals surface area contributed by atoms with Crippen molar-refractivity contribution in [2.45, 2.75) is 9.59 Å². The van der Waals surface area contributed by atoms with Crippen molar-refractivity contribution in [2.24, 2.45) is 0 Å². The van der Waals surface area contributed by atoms with Gasteiger partial charge in [-0.05, 0) is 42.0 Å². The predicted octanol–water partition coefficient (Wildman–Crippen LogP) is 4.72. The van der Waals surface area contributed by atoms with Gasteiger partial charge in [-0.25, -0.2) is 9.07 Å². The van der Waals surface area contributed by atoms with Crippen molar-refractivity contribution in [3.05, 3.63) is 69.9 Å². The Morgan fingerprint density at radius 2 is 1.85 bits per heavy atom. The summed E-state index contributed by atoms with van der Waals surface area (Å²) < 4.78 is 15.9. The molecule has 3 aromatic rings. The molecule has 8 heteroatoms. The van der Waals surface area contributed by atoms with Gasteiger partial charge in [-0.2, -0.15) is 0 Å². The van der Waals surface area contributed by atoms with Crippen LogP contribution in [0.3, 0.4) is 0 Å². The third-order valence-corrected chi connectivity index (χ3v) is 6.14. The Kier molecular flexibility index (Phi) is 5.85. The summed E-state index contributed by atoms with van der Waals surface area (Å²) in [5.74, 6) is -0.332. The van der Waals surface area contributed by atoms with E-state index in [0.29, 0.717) is 14.0 Å². The molecule has 0 aliphatic heterocycles. The largest absolute Gasteiger partial charge is 0.348 e. The molecule has 0 unspecified atom stereocenters. The SMILES string of the molecule is CN(C)C(=O)[C@@H](Sc1nn(-c2ccc(F)cc2)c(=S)s1)c1ccccc1. The maximum atomic E-state index is 13.1. The third kappa shape index (κ3) is 4.20. The van der Waals surface area contributed by atoms with Crippen LogP contribution in [0.25, 0.3) is 5.69 Å². The van der Waals surface area contributed by atoms with E-state index < -0.39 is 5.25 Å². The number of rotatable bonds is 5. The van der Waals surface area contributed by atoms with Gasteiger partial charge in [-0.3, -0.25) is 4.79 Å². The lowest BCUT2D eigenvalue weighted by atomic mass is 10.1. The predicted molar refractivity (Wildman–Crippen MR) is 106 cm³/mol. The molecule has 0 saturated carbocycles. The topological polar surface area (TPSA) is 38.1 Å². The molecule has 1 heterocycles. The van der Waals surface area contributed by atoms with E-state index in [1.807, 2.05) is 30.3 Å². The molecule has 0 N–H and O–H groups in total. The lowest BCUT2D eigenvalue weighted by molar-refractivity contribution is -0.128. The summed E-state index contributed by atoms with van der Waals surface area (Å²) in [6.07, 6.45) is 0. The Balaban J connectivity index is 1.93. The summed E-state index contributed by atoms with van der Waals surface area (Å²) in [5, 5.41) is 4.11. The summed E-state index contributed by atoms with van der Waals surface area (Å²) in [6.45, 7) is 0. The molecule has 4 nitrogen and oxygen atoms in total. The van der Waals surface area contributed by atoms with Gasteiger partial charge in [0.15, 0.2) is 8.29 Å². The van der Waals surface area contributed by atoms with E-state index in [-0.39, 0.29) is 11.7 Å². The molecule has 1 atom stereocenters. The number of thioether (sulfide) groups is 1. The zero-order valence-corrected chi connectivity index (χ0v) is 16.6. The van der Waals surface area contributed by atoms with Crippen LogP contribution >= 0.6 is 35.3 Å². The molecule has 0 spiro atoms. The first-order valence-corrected chi connectivity index (χ1v) is 9.85. The Hall–Kier alpha value is -2.03. The van der Waals surface area contributed by atoms with Crippen LogP contribution in [0, 0.1) is 9.77 Å². The van der Waals surface area contributed by atoms with Gasteiger partial charge in [0.05, 0.1) is 5.69 Å². The summed E-state index contributed by atoms with van der Waals surface area (Å²) in [6, 6.07) is 15.6. The molecule has 134 valence electrons. The van der Waals surface area contributed by atoms with Gasteiger partial charge < -0.3 is 4.90 Å². The lowest BCUT2D eigenvalue weighted by Gasteiger charge is -2.19. The fraction of sp³-hybridized carbons (Fsp3) is 0.167. The molecule has 2 aromatic carbocycles. The van der Waals surface area contributed by atoms with Crippen LogP contribution in [0.5, 0.6) is 0 Å². The van der Waals surface area contributed by atoms with Gasteiger partial charge in [-0.1, -0.05) is 53.4 Å². The fourth-order valence-electron chi connectivity index (χ4n) is 2.28. The highest BCUT2D eigenvalue weighted by molar-refractivity contribution is 8.02. The third-order valence-electron chi connectivity index (χ3n) is 3.59. The van der Waals surface area contributed by atoms with Crippen LogP contribution in [-0.2, 0) is 4.79 Å². The van der Waals surface area contributed by atoms with E-state index in [4.69, 9.17) is 12.2 Å². The van der Waals surface area contributed by atoms with Crippen molar-refractivity contribution in [1.29, 1.82) is 0 Å². The number of carbonyl (C=O) groups excluding carboxylic acids is 1. The number of hydrogen-bond donors (Lipinski definition) is 0. The zero-order chi connectivity index (χ0) is 18.7. The fourth-order valence-corrected chi connectivity index (χ4v) is 4.98. The smallest absolute Gasteiger partial charge is 0.240 e. The molecule has 1 amide bonds. The first kappa shape index (κ1) is 18.8. The Bertz CT molecular complexity index is 952. The van der Waals surface area contributed by atoms with E-state index in [0.717, 1.165) is 5.56 Å². The minimum Gasteiger partial charge on any atom is -0.348 e.